The molecule has 0 fully saturated rings. The van der Waals surface area contributed by atoms with Crippen molar-refractivity contribution in [3.63, 3.8) is 0 Å². The van der Waals surface area contributed by atoms with Crippen LogP contribution in [0.2, 0.25) is 5.02 Å². The van der Waals surface area contributed by atoms with E-state index in [0.29, 0.717) is 17.1 Å². The predicted molar refractivity (Wildman–Crippen MR) is 103 cm³/mol. The van der Waals surface area contributed by atoms with E-state index in [1.807, 2.05) is 0 Å². The Kier molecular flexibility index (Phi) is 5.48. The molecule has 1 aromatic carbocycles. The van der Waals surface area contributed by atoms with E-state index in [1.165, 1.54) is 32.5 Å². The van der Waals surface area contributed by atoms with Crippen LogP contribution in [0.25, 0.3) is 11.1 Å². The summed E-state index contributed by atoms with van der Waals surface area (Å²) < 4.78 is 38.2. The fraction of sp³-hybridized carbons (Fsp3) is 0.111. The highest BCUT2D eigenvalue weighted by molar-refractivity contribution is 7.92. The van der Waals surface area contributed by atoms with Crippen LogP contribution in [-0.4, -0.2) is 32.6 Å². The average Bonchev–Trinajstić information content (AvgIpc) is 2.68. The summed E-state index contributed by atoms with van der Waals surface area (Å²) in [5, 5.41) is 0.285. The van der Waals surface area contributed by atoms with Gasteiger partial charge in [-0.05, 0) is 30.3 Å². The molecule has 0 aliphatic heterocycles. The van der Waals surface area contributed by atoms with Gasteiger partial charge >= 0.3 is 0 Å². The summed E-state index contributed by atoms with van der Waals surface area (Å²) in [5.74, 6) is 0.673. The van der Waals surface area contributed by atoms with E-state index in [4.69, 9.17) is 21.1 Å². The summed E-state index contributed by atoms with van der Waals surface area (Å²) in [6.45, 7) is 0. The maximum Gasteiger partial charge on any atom is 0.265 e. The number of rotatable bonds is 6. The zero-order valence-electron chi connectivity index (χ0n) is 14.5. The Morgan fingerprint density at radius 2 is 1.78 bits per heavy atom. The number of hydrogen-bond donors (Lipinski definition) is 1. The minimum atomic E-state index is -3.92. The van der Waals surface area contributed by atoms with E-state index in [-0.39, 0.29) is 15.7 Å². The monoisotopic (exact) mass is 405 g/mol. The van der Waals surface area contributed by atoms with Crippen molar-refractivity contribution in [3.05, 3.63) is 60.0 Å². The Morgan fingerprint density at radius 3 is 2.44 bits per heavy atom. The van der Waals surface area contributed by atoms with Crippen LogP contribution in [0.5, 0.6) is 11.6 Å². The number of sulfonamides is 1. The summed E-state index contributed by atoms with van der Waals surface area (Å²) >= 11 is 5.94. The number of nitrogens with one attached hydrogen (secondary N) is 1. The topological polar surface area (TPSA) is 90.4 Å². The average molecular weight is 406 g/mol. The Hall–Kier alpha value is -2.84. The van der Waals surface area contributed by atoms with Gasteiger partial charge in [0.25, 0.3) is 10.0 Å². The van der Waals surface area contributed by atoms with Gasteiger partial charge in [0.1, 0.15) is 10.6 Å². The Labute approximate surface area is 162 Å². The normalized spacial score (nSPS) is 11.1. The second-order valence-electron chi connectivity index (χ2n) is 5.45. The highest BCUT2D eigenvalue weighted by Gasteiger charge is 2.20. The molecule has 0 spiro atoms. The third kappa shape index (κ3) is 4.29. The van der Waals surface area contributed by atoms with E-state index in [0.717, 1.165) is 5.56 Å². The van der Waals surface area contributed by atoms with Crippen molar-refractivity contribution in [2.75, 3.05) is 18.9 Å². The molecule has 0 saturated heterocycles. The summed E-state index contributed by atoms with van der Waals surface area (Å²) in [6.07, 6.45) is 4.64. The van der Waals surface area contributed by atoms with E-state index >= 15 is 0 Å². The molecule has 9 heteroatoms. The molecule has 0 bridgehead atoms. The summed E-state index contributed by atoms with van der Waals surface area (Å²) in [4.78, 5) is 8.18. The molecule has 7 nitrogen and oxygen atoms in total. The number of nitrogens with zero attached hydrogens (tertiary/aromatic N) is 2. The van der Waals surface area contributed by atoms with Crippen LogP contribution >= 0.6 is 11.6 Å². The molecular weight excluding hydrogens is 390 g/mol. The van der Waals surface area contributed by atoms with Crippen LogP contribution in [0.1, 0.15) is 0 Å². The minimum Gasteiger partial charge on any atom is -0.495 e. The lowest BCUT2D eigenvalue weighted by atomic mass is 10.1. The van der Waals surface area contributed by atoms with E-state index in [1.54, 1.807) is 36.7 Å². The van der Waals surface area contributed by atoms with Gasteiger partial charge in [-0.2, -0.15) is 0 Å². The first-order valence-corrected chi connectivity index (χ1v) is 9.61. The van der Waals surface area contributed by atoms with Crippen LogP contribution in [0, 0.1) is 0 Å². The van der Waals surface area contributed by atoms with Crippen molar-refractivity contribution in [1.82, 2.24) is 9.97 Å². The molecule has 0 aliphatic rings. The Balaban J connectivity index is 1.92. The number of aromatic nitrogens is 2. The van der Waals surface area contributed by atoms with Crippen LogP contribution < -0.4 is 14.2 Å². The predicted octanol–water partition coefficient (Wildman–Crippen LogP) is 3.62. The van der Waals surface area contributed by atoms with Gasteiger partial charge in [-0.3, -0.25) is 9.71 Å². The maximum atomic E-state index is 12.8. The van der Waals surface area contributed by atoms with E-state index in [2.05, 4.69) is 14.7 Å². The summed E-state index contributed by atoms with van der Waals surface area (Å²) in [7, 11) is -1.00. The lowest BCUT2D eigenvalue weighted by Gasteiger charge is -2.12. The molecule has 0 radical (unpaired) electrons. The number of halogens is 1. The van der Waals surface area contributed by atoms with Crippen molar-refractivity contribution in [1.29, 1.82) is 0 Å². The standard InChI is InChI=1S/C18H16ClN3O4S/c1-25-16-5-4-14(19)8-17(16)27(23,24)22-15-7-13(9-20-11-15)12-3-6-18(26-2)21-10-12/h3-11,22H,1-2H3. The molecule has 27 heavy (non-hydrogen) atoms. The number of pyridine rings is 2. The number of ether oxygens (including phenoxy) is 2. The maximum absolute atomic E-state index is 12.8. The number of benzene rings is 1. The Bertz CT molecular complexity index is 1060. The van der Waals surface area contributed by atoms with Gasteiger partial charge in [0.05, 0.1) is 26.1 Å². The van der Waals surface area contributed by atoms with Gasteiger partial charge in [0.15, 0.2) is 0 Å². The third-order valence-corrected chi connectivity index (χ3v) is 5.32. The van der Waals surface area contributed by atoms with Crippen LogP contribution in [0.3, 0.4) is 0 Å². The first-order valence-electron chi connectivity index (χ1n) is 7.75. The third-order valence-electron chi connectivity index (χ3n) is 3.68. The molecule has 140 valence electrons. The smallest absolute Gasteiger partial charge is 0.265 e. The Morgan fingerprint density at radius 1 is 0.963 bits per heavy atom. The lowest BCUT2D eigenvalue weighted by molar-refractivity contribution is 0.398. The molecule has 0 unspecified atom stereocenters. The zero-order chi connectivity index (χ0) is 19.4. The van der Waals surface area contributed by atoms with Gasteiger partial charge in [0, 0.05) is 34.6 Å². The number of methoxy groups -OCH3 is 2. The second kappa shape index (κ2) is 7.81. The van der Waals surface area contributed by atoms with Gasteiger partial charge in [-0.1, -0.05) is 11.6 Å². The molecule has 0 amide bonds. The van der Waals surface area contributed by atoms with Crippen LogP contribution in [0.4, 0.5) is 5.69 Å². The summed E-state index contributed by atoms with van der Waals surface area (Å²) in [6, 6.07) is 9.55. The molecule has 2 aromatic heterocycles. The molecule has 3 rings (SSSR count). The van der Waals surface area contributed by atoms with Crippen molar-refractivity contribution in [3.8, 4) is 22.8 Å². The van der Waals surface area contributed by atoms with Gasteiger partial charge in [-0.25, -0.2) is 13.4 Å². The highest BCUT2D eigenvalue weighted by atomic mass is 35.5. The molecular formula is C18H16ClN3O4S. The lowest BCUT2D eigenvalue weighted by Crippen LogP contribution is -2.14. The van der Waals surface area contributed by atoms with Gasteiger partial charge in [-0.15, -0.1) is 0 Å². The van der Waals surface area contributed by atoms with Crippen LogP contribution in [-0.2, 0) is 10.0 Å². The first kappa shape index (κ1) is 18.9. The molecule has 0 atom stereocenters. The SMILES string of the molecule is COc1ccc(-c2cncc(NS(=O)(=O)c3cc(Cl)ccc3OC)c2)cn1. The van der Waals surface area contributed by atoms with E-state index in [9.17, 15) is 8.42 Å². The largest absolute Gasteiger partial charge is 0.495 e. The minimum absolute atomic E-state index is 0.0611. The number of hydrogen-bond acceptors (Lipinski definition) is 6. The fourth-order valence-corrected chi connectivity index (χ4v) is 3.86. The van der Waals surface area contributed by atoms with Crippen molar-refractivity contribution < 1.29 is 17.9 Å². The van der Waals surface area contributed by atoms with E-state index < -0.39 is 10.0 Å². The molecule has 1 N–H and O–H groups in total. The van der Waals surface area contributed by atoms with Crippen molar-refractivity contribution in [2.24, 2.45) is 0 Å². The van der Waals surface area contributed by atoms with Crippen molar-refractivity contribution >= 4 is 27.3 Å². The van der Waals surface area contributed by atoms with Crippen LogP contribution in [0.15, 0.2) is 59.9 Å². The molecule has 3 aromatic rings. The quantitative estimate of drug-likeness (QED) is 0.673. The number of anilines is 1. The van der Waals surface area contributed by atoms with Gasteiger partial charge < -0.3 is 9.47 Å². The summed E-state index contributed by atoms with van der Waals surface area (Å²) in [5.41, 5.74) is 1.76. The second-order valence-corrected chi connectivity index (χ2v) is 7.54. The van der Waals surface area contributed by atoms with Gasteiger partial charge in [0.2, 0.25) is 5.88 Å². The molecule has 0 saturated carbocycles. The molecule has 0 aliphatic carbocycles. The first-order chi connectivity index (χ1) is 12.9. The highest BCUT2D eigenvalue weighted by Crippen LogP contribution is 2.29. The van der Waals surface area contributed by atoms with Crippen molar-refractivity contribution in [2.45, 2.75) is 4.90 Å². The zero-order valence-corrected chi connectivity index (χ0v) is 16.1. The molecule has 2 heterocycles. The fourth-order valence-electron chi connectivity index (χ4n) is 2.40.